The highest BCUT2D eigenvalue weighted by Crippen LogP contribution is 2.34. The molecule has 0 unspecified atom stereocenters. The molecule has 136 valence electrons. The van der Waals surface area contributed by atoms with Crippen LogP contribution < -0.4 is 10.9 Å². The van der Waals surface area contributed by atoms with Crippen LogP contribution in [0.4, 0.5) is 18.0 Å². The maximum Gasteiger partial charge on any atom is 0.417 e. The van der Waals surface area contributed by atoms with Crippen molar-refractivity contribution in [2.24, 2.45) is 7.05 Å². The number of alkyl halides is 3. The molecule has 1 heterocycles. The molecule has 0 spiro atoms. The highest BCUT2D eigenvalue weighted by Gasteiger charge is 2.33. The van der Waals surface area contributed by atoms with Crippen molar-refractivity contribution in [3.8, 4) is 0 Å². The second-order valence-electron chi connectivity index (χ2n) is 6.66. The third-order valence-electron chi connectivity index (χ3n) is 3.45. The summed E-state index contributed by atoms with van der Waals surface area (Å²) in [5.74, 6) is 0. The first kappa shape index (κ1) is 18.8. The second kappa shape index (κ2) is 6.42. The number of amides is 1. The van der Waals surface area contributed by atoms with Gasteiger partial charge in [0.05, 0.1) is 11.1 Å². The monoisotopic (exact) mass is 356 g/mol. The first-order valence-electron chi connectivity index (χ1n) is 7.55. The Hall–Kier alpha value is -2.51. The lowest BCUT2D eigenvalue weighted by Gasteiger charge is -2.20. The first-order chi connectivity index (χ1) is 11.4. The summed E-state index contributed by atoms with van der Waals surface area (Å²) in [6, 6.07) is 4.87. The van der Waals surface area contributed by atoms with Gasteiger partial charge in [0.2, 0.25) is 0 Å². The number of hydrogen-bond acceptors (Lipinski definition) is 3. The molecule has 2 aromatic rings. The zero-order valence-corrected chi connectivity index (χ0v) is 14.3. The zero-order valence-electron chi connectivity index (χ0n) is 14.3. The number of benzene rings is 1. The molecule has 0 saturated carbocycles. The molecule has 0 fully saturated rings. The number of carbonyl (C=O) groups is 1. The molecule has 0 aliphatic heterocycles. The van der Waals surface area contributed by atoms with Crippen molar-refractivity contribution < 1.29 is 22.7 Å². The summed E-state index contributed by atoms with van der Waals surface area (Å²) in [6.07, 6.45) is -5.31. The molecule has 25 heavy (non-hydrogen) atoms. The molecule has 1 amide bonds. The van der Waals surface area contributed by atoms with Crippen LogP contribution in [0.3, 0.4) is 0 Å². The van der Waals surface area contributed by atoms with E-state index in [1.807, 2.05) is 0 Å². The van der Waals surface area contributed by atoms with Crippen LogP contribution in [0.25, 0.3) is 10.9 Å². The van der Waals surface area contributed by atoms with Gasteiger partial charge in [-0.2, -0.15) is 13.2 Å². The Morgan fingerprint density at radius 1 is 1.20 bits per heavy atom. The summed E-state index contributed by atoms with van der Waals surface area (Å²) >= 11 is 0. The quantitative estimate of drug-likeness (QED) is 0.895. The Labute approximate surface area is 142 Å². The minimum absolute atomic E-state index is 0.00495. The molecular weight excluding hydrogens is 337 g/mol. The predicted octanol–water partition coefficient (Wildman–Crippen LogP) is 3.58. The standard InChI is InChI=1S/C17H19F3N2O3/c1-16(2,3)25-15(24)21-9-10-5-6-13-11(7-10)12(17(18,19)20)8-14(23)22(13)4/h5-8H,9H2,1-4H3,(H,21,24). The number of hydrogen-bond donors (Lipinski definition) is 1. The highest BCUT2D eigenvalue weighted by molar-refractivity contribution is 5.84. The molecule has 1 aromatic carbocycles. The Bertz CT molecular complexity index is 864. The summed E-state index contributed by atoms with van der Waals surface area (Å²) in [7, 11) is 1.41. The third-order valence-corrected chi connectivity index (χ3v) is 3.45. The fourth-order valence-corrected chi connectivity index (χ4v) is 2.34. The Kier molecular flexibility index (Phi) is 4.83. The molecule has 0 radical (unpaired) electrons. The number of nitrogens with zero attached hydrogens (tertiary/aromatic N) is 1. The number of pyridine rings is 1. The molecule has 1 aromatic heterocycles. The largest absolute Gasteiger partial charge is 0.444 e. The Morgan fingerprint density at radius 3 is 2.40 bits per heavy atom. The highest BCUT2D eigenvalue weighted by atomic mass is 19.4. The number of fused-ring (bicyclic) bond motifs is 1. The number of rotatable bonds is 2. The van der Waals surface area contributed by atoms with Crippen LogP contribution in [0.1, 0.15) is 31.9 Å². The number of alkyl carbamates (subject to hydrolysis) is 1. The van der Waals surface area contributed by atoms with E-state index in [9.17, 15) is 22.8 Å². The van der Waals surface area contributed by atoms with Crippen LogP contribution in [-0.4, -0.2) is 16.3 Å². The second-order valence-corrected chi connectivity index (χ2v) is 6.66. The number of halogens is 3. The average molecular weight is 356 g/mol. The number of nitrogens with one attached hydrogen (secondary N) is 1. The van der Waals surface area contributed by atoms with Crippen LogP contribution in [-0.2, 0) is 24.5 Å². The van der Waals surface area contributed by atoms with Gasteiger partial charge in [0.15, 0.2) is 0 Å². The van der Waals surface area contributed by atoms with Gasteiger partial charge in [-0.25, -0.2) is 4.79 Å². The maximum absolute atomic E-state index is 13.2. The van der Waals surface area contributed by atoms with E-state index >= 15 is 0 Å². The van der Waals surface area contributed by atoms with Gasteiger partial charge in [0.1, 0.15) is 5.60 Å². The molecule has 2 rings (SSSR count). The van der Waals surface area contributed by atoms with Gasteiger partial charge in [-0.05, 0) is 38.5 Å². The van der Waals surface area contributed by atoms with E-state index in [0.717, 1.165) is 4.57 Å². The van der Waals surface area contributed by atoms with Crippen molar-refractivity contribution in [1.29, 1.82) is 0 Å². The minimum atomic E-state index is -4.65. The molecule has 0 atom stereocenters. The molecular formula is C17H19F3N2O3. The van der Waals surface area contributed by atoms with E-state index in [0.29, 0.717) is 11.6 Å². The summed E-state index contributed by atoms with van der Waals surface area (Å²) in [5, 5.41) is 2.39. The number of aryl methyl sites for hydroxylation is 1. The zero-order chi connectivity index (χ0) is 19.0. The topological polar surface area (TPSA) is 60.3 Å². The van der Waals surface area contributed by atoms with E-state index in [4.69, 9.17) is 4.74 Å². The van der Waals surface area contributed by atoms with Crippen LogP contribution in [0.2, 0.25) is 0 Å². The van der Waals surface area contributed by atoms with Crippen molar-refractivity contribution in [2.75, 3.05) is 0 Å². The lowest BCUT2D eigenvalue weighted by atomic mass is 10.0. The van der Waals surface area contributed by atoms with Crippen molar-refractivity contribution >= 4 is 17.0 Å². The van der Waals surface area contributed by atoms with Gasteiger partial charge in [-0.3, -0.25) is 4.79 Å². The fourth-order valence-electron chi connectivity index (χ4n) is 2.34. The fraction of sp³-hybridized carbons (Fsp3) is 0.412. The minimum Gasteiger partial charge on any atom is -0.444 e. The molecule has 8 heteroatoms. The van der Waals surface area contributed by atoms with E-state index in [1.165, 1.54) is 19.2 Å². The molecule has 0 aliphatic rings. The molecule has 0 bridgehead atoms. The summed E-state index contributed by atoms with van der Waals surface area (Å²) in [6.45, 7) is 5.13. The summed E-state index contributed by atoms with van der Waals surface area (Å²) in [5.41, 5.74) is -1.78. The molecule has 0 saturated heterocycles. The van der Waals surface area contributed by atoms with E-state index in [1.54, 1.807) is 26.8 Å². The normalized spacial score (nSPS) is 12.3. The van der Waals surface area contributed by atoms with Crippen molar-refractivity contribution in [1.82, 2.24) is 9.88 Å². The van der Waals surface area contributed by atoms with E-state index < -0.39 is 29.0 Å². The lowest BCUT2D eigenvalue weighted by molar-refractivity contribution is -0.136. The van der Waals surface area contributed by atoms with Gasteiger partial charge in [-0.15, -0.1) is 0 Å². The van der Waals surface area contributed by atoms with Gasteiger partial charge in [0, 0.05) is 25.0 Å². The third kappa shape index (κ3) is 4.52. The van der Waals surface area contributed by atoms with Gasteiger partial charge in [0.25, 0.3) is 5.56 Å². The number of aromatic nitrogens is 1. The van der Waals surface area contributed by atoms with Crippen LogP contribution in [0, 0.1) is 0 Å². The Balaban J connectivity index is 2.37. The number of ether oxygens (including phenoxy) is 1. The predicted molar refractivity (Wildman–Crippen MR) is 87.3 cm³/mol. The summed E-state index contributed by atoms with van der Waals surface area (Å²) in [4.78, 5) is 23.4. The van der Waals surface area contributed by atoms with Crippen LogP contribution >= 0.6 is 0 Å². The van der Waals surface area contributed by atoms with Gasteiger partial charge in [-0.1, -0.05) is 6.07 Å². The van der Waals surface area contributed by atoms with Crippen molar-refractivity contribution in [3.63, 3.8) is 0 Å². The Morgan fingerprint density at radius 2 is 1.84 bits per heavy atom. The molecule has 5 nitrogen and oxygen atoms in total. The van der Waals surface area contributed by atoms with Crippen molar-refractivity contribution in [2.45, 2.75) is 39.1 Å². The average Bonchev–Trinajstić information content (AvgIpc) is 2.45. The lowest BCUT2D eigenvalue weighted by Crippen LogP contribution is -2.32. The van der Waals surface area contributed by atoms with Crippen molar-refractivity contribution in [3.05, 3.63) is 45.7 Å². The van der Waals surface area contributed by atoms with Crippen LogP contribution in [0.15, 0.2) is 29.1 Å². The number of carbonyl (C=O) groups excluding carboxylic acids is 1. The van der Waals surface area contributed by atoms with Gasteiger partial charge < -0.3 is 14.6 Å². The van der Waals surface area contributed by atoms with E-state index in [2.05, 4.69) is 5.32 Å². The smallest absolute Gasteiger partial charge is 0.417 e. The first-order valence-corrected chi connectivity index (χ1v) is 7.55. The van der Waals surface area contributed by atoms with E-state index in [-0.39, 0.29) is 17.4 Å². The van der Waals surface area contributed by atoms with Gasteiger partial charge >= 0.3 is 12.3 Å². The SMILES string of the molecule is Cn1c(=O)cc(C(F)(F)F)c2cc(CNC(=O)OC(C)(C)C)ccc21. The molecule has 0 aliphatic carbocycles. The van der Waals surface area contributed by atoms with Crippen LogP contribution in [0.5, 0.6) is 0 Å². The maximum atomic E-state index is 13.2. The molecule has 1 N–H and O–H groups in total. The summed E-state index contributed by atoms with van der Waals surface area (Å²) < 4.78 is 45.9.